The van der Waals surface area contributed by atoms with Crippen molar-refractivity contribution in [1.82, 2.24) is 0 Å². The van der Waals surface area contributed by atoms with Gasteiger partial charge in [0.05, 0.1) is 18.2 Å². The molecule has 0 saturated heterocycles. The maximum Gasteiger partial charge on any atom is 0.162 e. The highest BCUT2D eigenvalue weighted by molar-refractivity contribution is 5.03. The number of azo groups is 1. The number of hydrogen-bond acceptors (Lipinski definition) is 5. The van der Waals surface area contributed by atoms with E-state index >= 15 is 0 Å². The Balaban J connectivity index is 0. The predicted octanol–water partition coefficient (Wildman–Crippen LogP) is 3.21. The van der Waals surface area contributed by atoms with E-state index in [4.69, 9.17) is 15.8 Å². The first kappa shape index (κ1) is 17.5. The molecule has 0 radical (unpaired) electrons. The molecule has 0 spiro atoms. The summed E-state index contributed by atoms with van der Waals surface area (Å²) in [5.74, 6) is 0.190. The van der Waals surface area contributed by atoms with E-state index in [1.54, 1.807) is 27.7 Å². The van der Waals surface area contributed by atoms with Gasteiger partial charge in [0.15, 0.2) is 11.1 Å². The Hall–Kier alpha value is -1.93. The minimum atomic E-state index is -0.839. The van der Waals surface area contributed by atoms with Gasteiger partial charge in [0, 0.05) is 5.92 Å². The van der Waals surface area contributed by atoms with Crippen LogP contribution in [0.1, 0.15) is 41.5 Å². The van der Waals surface area contributed by atoms with E-state index in [1.807, 2.05) is 32.1 Å². The average Bonchev–Trinajstić information content (AvgIpc) is 2.27. The Kier molecular flexibility index (Phi) is 7.56. The molecule has 0 aromatic heterocycles. The Morgan fingerprint density at radius 3 is 1.18 bits per heavy atom. The van der Waals surface area contributed by atoms with E-state index in [2.05, 4.69) is 10.2 Å². The van der Waals surface area contributed by atoms with Crippen molar-refractivity contribution in [2.75, 3.05) is 0 Å². The summed E-state index contributed by atoms with van der Waals surface area (Å²) in [5.41, 5.74) is -1.68. The maximum absolute atomic E-state index is 8.58. The lowest BCUT2D eigenvalue weighted by Gasteiger charge is -2.11. The molecule has 0 heterocycles. The van der Waals surface area contributed by atoms with Gasteiger partial charge in [0.1, 0.15) is 0 Å². The lowest BCUT2D eigenvalue weighted by Crippen LogP contribution is -2.17. The smallest absolute Gasteiger partial charge is 0.162 e. The van der Waals surface area contributed by atoms with E-state index in [1.165, 1.54) is 0 Å². The van der Waals surface area contributed by atoms with Crippen LogP contribution in [0, 0.1) is 39.9 Å². The van der Waals surface area contributed by atoms with E-state index in [0.717, 1.165) is 0 Å². The normalized spacial score (nSPS) is 11.1. The summed E-state index contributed by atoms with van der Waals surface area (Å²) >= 11 is 0. The number of hydrogen-bond donors (Lipinski definition) is 0. The minimum absolute atomic E-state index is 0.190. The van der Waals surface area contributed by atoms with Crippen molar-refractivity contribution in [2.24, 2.45) is 16.1 Å². The second-order valence-electron chi connectivity index (χ2n) is 4.83. The second-order valence-corrected chi connectivity index (χ2v) is 4.83. The molecule has 0 aliphatic heterocycles. The molecule has 0 aliphatic carbocycles. The van der Waals surface area contributed by atoms with E-state index in [9.17, 15) is 0 Å². The van der Waals surface area contributed by atoms with Crippen LogP contribution in [0.5, 0.6) is 0 Å². The fraction of sp³-hybridized carbons (Fsp3) is 0.750. The van der Waals surface area contributed by atoms with Crippen molar-refractivity contribution in [3.05, 3.63) is 0 Å². The SMILES string of the molecule is CC(C)(C#N)N=NC(C)(C)C#N.CC(C)C#N. The fourth-order valence-corrected chi connectivity index (χ4v) is 0.295. The third-order valence-corrected chi connectivity index (χ3v) is 1.36. The number of rotatable bonds is 2. The fourth-order valence-electron chi connectivity index (χ4n) is 0.295. The van der Waals surface area contributed by atoms with Gasteiger partial charge in [0.2, 0.25) is 0 Å². The van der Waals surface area contributed by atoms with Gasteiger partial charge in [-0.05, 0) is 41.5 Å². The Labute approximate surface area is 103 Å². The molecule has 5 heteroatoms. The summed E-state index contributed by atoms with van der Waals surface area (Å²) in [5, 5.41) is 32.6. The quantitative estimate of drug-likeness (QED) is 0.685. The largest absolute Gasteiger partial charge is 0.198 e. The van der Waals surface area contributed by atoms with Crippen molar-refractivity contribution in [2.45, 2.75) is 52.6 Å². The van der Waals surface area contributed by atoms with Crippen LogP contribution in [0.25, 0.3) is 0 Å². The van der Waals surface area contributed by atoms with Crippen LogP contribution in [-0.2, 0) is 0 Å². The summed E-state index contributed by atoms with van der Waals surface area (Å²) in [7, 11) is 0. The van der Waals surface area contributed by atoms with Gasteiger partial charge in [-0.3, -0.25) is 0 Å². The van der Waals surface area contributed by atoms with Crippen LogP contribution in [0.3, 0.4) is 0 Å². The van der Waals surface area contributed by atoms with Gasteiger partial charge in [-0.25, -0.2) is 0 Å². The van der Waals surface area contributed by atoms with Crippen LogP contribution < -0.4 is 0 Å². The molecule has 0 fully saturated rings. The molecular weight excluding hydrogens is 214 g/mol. The van der Waals surface area contributed by atoms with Crippen LogP contribution in [0.15, 0.2) is 10.2 Å². The van der Waals surface area contributed by atoms with Crippen molar-refractivity contribution in [3.63, 3.8) is 0 Å². The molecule has 0 bridgehead atoms. The molecule has 0 aromatic rings. The van der Waals surface area contributed by atoms with E-state index in [0.29, 0.717) is 0 Å². The lowest BCUT2D eigenvalue weighted by atomic mass is 10.1. The molecular formula is C12H19N5. The zero-order chi connectivity index (χ0) is 14.1. The molecule has 0 aromatic carbocycles. The third kappa shape index (κ3) is 12.0. The molecule has 92 valence electrons. The molecule has 17 heavy (non-hydrogen) atoms. The van der Waals surface area contributed by atoms with Gasteiger partial charge in [-0.2, -0.15) is 26.0 Å². The third-order valence-electron chi connectivity index (χ3n) is 1.36. The second kappa shape index (κ2) is 7.36. The van der Waals surface area contributed by atoms with Crippen LogP contribution >= 0.6 is 0 Å². The van der Waals surface area contributed by atoms with Crippen molar-refractivity contribution in [1.29, 1.82) is 15.8 Å². The van der Waals surface area contributed by atoms with Gasteiger partial charge in [-0.15, -0.1) is 0 Å². The van der Waals surface area contributed by atoms with Gasteiger partial charge < -0.3 is 0 Å². The zero-order valence-electron chi connectivity index (χ0n) is 11.3. The maximum atomic E-state index is 8.58. The standard InChI is InChI=1S/C8H12N4.C4H7N/c1-7(2,5-9)11-12-8(3,4)6-10;1-4(2)3-5/h1-4H3;4H,1-2H3. The molecule has 0 atom stereocenters. The molecule has 0 saturated carbocycles. The summed E-state index contributed by atoms with van der Waals surface area (Å²) in [4.78, 5) is 0. The summed E-state index contributed by atoms with van der Waals surface area (Å²) in [6, 6.07) is 5.96. The Morgan fingerprint density at radius 2 is 1.06 bits per heavy atom. The summed E-state index contributed by atoms with van der Waals surface area (Å²) < 4.78 is 0. The molecule has 0 N–H and O–H groups in total. The van der Waals surface area contributed by atoms with Crippen molar-refractivity contribution < 1.29 is 0 Å². The summed E-state index contributed by atoms with van der Waals surface area (Å²) in [6.07, 6.45) is 0. The monoisotopic (exact) mass is 233 g/mol. The van der Waals surface area contributed by atoms with Gasteiger partial charge >= 0.3 is 0 Å². The molecule has 0 unspecified atom stereocenters. The predicted molar refractivity (Wildman–Crippen MR) is 64.7 cm³/mol. The topological polar surface area (TPSA) is 96.1 Å². The van der Waals surface area contributed by atoms with Crippen LogP contribution in [-0.4, -0.2) is 11.1 Å². The first-order valence-electron chi connectivity index (χ1n) is 5.26. The lowest BCUT2D eigenvalue weighted by molar-refractivity contribution is 0.541. The van der Waals surface area contributed by atoms with Crippen molar-refractivity contribution in [3.8, 4) is 18.2 Å². The Morgan fingerprint density at radius 1 is 0.824 bits per heavy atom. The highest BCUT2D eigenvalue weighted by Gasteiger charge is 2.19. The molecule has 0 aliphatic rings. The average molecular weight is 233 g/mol. The first-order valence-corrected chi connectivity index (χ1v) is 5.26. The van der Waals surface area contributed by atoms with E-state index < -0.39 is 11.1 Å². The van der Waals surface area contributed by atoms with Crippen LogP contribution in [0.4, 0.5) is 0 Å². The Bertz CT molecular complexity index is 343. The summed E-state index contributed by atoms with van der Waals surface area (Å²) in [6.45, 7) is 10.3. The van der Waals surface area contributed by atoms with Gasteiger partial charge in [-0.1, -0.05) is 0 Å². The molecule has 0 rings (SSSR count). The van der Waals surface area contributed by atoms with Gasteiger partial charge in [0.25, 0.3) is 0 Å². The van der Waals surface area contributed by atoms with E-state index in [-0.39, 0.29) is 5.92 Å². The number of nitriles is 3. The number of nitrogens with zero attached hydrogens (tertiary/aromatic N) is 5. The highest BCUT2D eigenvalue weighted by atomic mass is 15.2. The zero-order valence-corrected chi connectivity index (χ0v) is 11.3. The molecule has 0 amide bonds. The van der Waals surface area contributed by atoms with Crippen LogP contribution in [0.2, 0.25) is 0 Å². The highest BCUT2D eigenvalue weighted by Crippen LogP contribution is 2.13. The minimum Gasteiger partial charge on any atom is -0.198 e. The van der Waals surface area contributed by atoms with Crippen molar-refractivity contribution >= 4 is 0 Å². The first-order chi connectivity index (χ1) is 7.60. The molecule has 5 nitrogen and oxygen atoms in total.